The van der Waals surface area contributed by atoms with E-state index in [4.69, 9.17) is 11.5 Å². The number of carbonyl (C=O) groups excluding carboxylic acids is 2. The van der Waals surface area contributed by atoms with Crippen LogP contribution in [0.2, 0.25) is 0 Å². The first-order valence-corrected chi connectivity index (χ1v) is 3.97. The smallest absolute Gasteiger partial charge is 0.234 e. The summed E-state index contributed by atoms with van der Waals surface area (Å²) in [7, 11) is 0. The van der Waals surface area contributed by atoms with E-state index < -0.39 is 29.4 Å². The standard InChI is InChI=1S/C9H8F2N2O2/c10-4-1-2-5(6(11)3-4)7(8(12)14)9(13)15/h1-3,7H,(H2,12,14)(H2,13,15). The van der Waals surface area contributed by atoms with Gasteiger partial charge in [-0.3, -0.25) is 9.59 Å². The zero-order chi connectivity index (χ0) is 11.6. The average Bonchev–Trinajstić information content (AvgIpc) is 2.08. The first-order chi connectivity index (χ1) is 6.93. The molecule has 0 aromatic heterocycles. The highest BCUT2D eigenvalue weighted by Gasteiger charge is 2.26. The minimum Gasteiger partial charge on any atom is -0.369 e. The largest absolute Gasteiger partial charge is 0.369 e. The maximum Gasteiger partial charge on any atom is 0.234 e. The molecule has 2 amide bonds. The summed E-state index contributed by atoms with van der Waals surface area (Å²) in [6.45, 7) is 0. The number of amides is 2. The Kier molecular flexibility index (Phi) is 2.99. The normalized spacial score (nSPS) is 10.3. The van der Waals surface area contributed by atoms with E-state index >= 15 is 0 Å². The molecule has 0 radical (unpaired) electrons. The second-order valence-corrected chi connectivity index (χ2v) is 2.90. The maximum absolute atomic E-state index is 13.2. The van der Waals surface area contributed by atoms with Crippen LogP contribution in [0.15, 0.2) is 18.2 Å². The fraction of sp³-hybridized carbons (Fsp3) is 0.111. The van der Waals surface area contributed by atoms with E-state index in [1.54, 1.807) is 0 Å². The van der Waals surface area contributed by atoms with Gasteiger partial charge in [-0.05, 0) is 6.07 Å². The van der Waals surface area contributed by atoms with Gasteiger partial charge in [-0.15, -0.1) is 0 Å². The van der Waals surface area contributed by atoms with Crippen molar-refractivity contribution in [1.82, 2.24) is 0 Å². The monoisotopic (exact) mass is 214 g/mol. The molecule has 4 nitrogen and oxygen atoms in total. The SMILES string of the molecule is NC(=O)C(C(N)=O)c1ccc(F)cc1F. The third-order valence-corrected chi connectivity index (χ3v) is 1.84. The Morgan fingerprint density at radius 3 is 2.07 bits per heavy atom. The van der Waals surface area contributed by atoms with Gasteiger partial charge in [0, 0.05) is 11.6 Å². The Morgan fingerprint density at radius 2 is 1.67 bits per heavy atom. The van der Waals surface area contributed by atoms with Crippen molar-refractivity contribution >= 4 is 11.8 Å². The lowest BCUT2D eigenvalue weighted by Crippen LogP contribution is -2.33. The fourth-order valence-electron chi connectivity index (χ4n) is 1.18. The van der Waals surface area contributed by atoms with Crippen LogP contribution in [0.4, 0.5) is 8.78 Å². The molecule has 80 valence electrons. The van der Waals surface area contributed by atoms with Crippen LogP contribution >= 0.6 is 0 Å². The predicted molar refractivity (Wildman–Crippen MR) is 47.5 cm³/mol. The average molecular weight is 214 g/mol. The second kappa shape index (κ2) is 4.04. The van der Waals surface area contributed by atoms with E-state index in [2.05, 4.69) is 0 Å². The molecule has 6 heteroatoms. The van der Waals surface area contributed by atoms with Crippen LogP contribution in [0.25, 0.3) is 0 Å². The first-order valence-electron chi connectivity index (χ1n) is 3.97. The number of carbonyl (C=O) groups is 2. The Morgan fingerprint density at radius 1 is 1.13 bits per heavy atom. The van der Waals surface area contributed by atoms with E-state index in [9.17, 15) is 18.4 Å². The van der Waals surface area contributed by atoms with Crippen LogP contribution in [0.3, 0.4) is 0 Å². The van der Waals surface area contributed by atoms with E-state index in [0.717, 1.165) is 12.1 Å². The molecule has 1 aromatic carbocycles. The molecule has 0 bridgehead atoms. The van der Waals surface area contributed by atoms with Crippen LogP contribution in [0.1, 0.15) is 11.5 Å². The van der Waals surface area contributed by atoms with Gasteiger partial charge in [-0.25, -0.2) is 8.78 Å². The lowest BCUT2D eigenvalue weighted by Gasteiger charge is -2.10. The molecule has 0 unspecified atom stereocenters. The van der Waals surface area contributed by atoms with Gasteiger partial charge in [0.1, 0.15) is 17.6 Å². The molecule has 0 fully saturated rings. The van der Waals surface area contributed by atoms with E-state index in [-0.39, 0.29) is 5.56 Å². The topological polar surface area (TPSA) is 86.2 Å². The third-order valence-electron chi connectivity index (χ3n) is 1.84. The molecular weight excluding hydrogens is 206 g/mol. The highest BCUT2D eigenvalue weighted by Crippen LogP contribution is 2.19. The van der Waals surface area contributed by atoms with Gasteiger partial charge in [0.05, 0.1) is 0 Å². The van der Waals surface area contributed by atoms with Gasteiger partial charge < -0.3 is 11.5 Å². The zero-order valence-corrected chi connectivity index (χ0v) is 7.54. The first kappa shape index (κ1) is 11.1. The van der Waals surface area contributed by atoms with E-state index in [1.165, 1.54) is 0 Å². The number of benzene rings is 1. The Bertz CT molecular complexity index is 407. The molecule has 0 heterocycles. The Labute approximate surface area is 83.9 Å². The van der Waals surface area contributed by atoms with Crippen LogP contribution < -0.4 is 11.5 Å². The number of hydrogen-bond acceptors (Lipinski definition) is 2. The van der Waals surface area contributed by atoms with Crippen molar-refractivity contribution < 1.29 is 18.4 Å². The summed E-state index contributed by atoms with van der Waals surface area (Å²) in [5.41, 5.74) is 9.43. The lowest BCUT2D eigenvalue weighted by atomic mass is 9.97. The number of halogens is 2. The Hall–Kier alpha value is -1.98. The van der Waals surface area contributed by atoms with Crippen LogP contribution in [0, 0.1) is 11.6 Å². The summed E-state index contributed by atoms with van der Waals surface area (Å²) in [5, 5.41) is 0. The molecule has 1 rings (SSSR count). The summed E-state index contributed by atoms with van der Waals surface area (Å²) in [4.78, 5) is 21.7. The minimum absolute atomic E-state index is 0.323. The minimum atomic E-state index is -1.58. The van der Waals surface area contributed by atoms with Crippen molar-refractivity contribution in [2.75, 3.05) is 0 Å². The Balaban J connectivity index is 3.23. The summed E-state index contributed by atoms with van der Waals surface area (Å²) < 4.78 is 25.7. The molecule has 0 spiro atoms. The molecule has 0 atom stereocenters. The van der Waals surface area contributed by atoms with Gasteiger partial charge >= 0.3 is 0 Å². The summed E-state index contributed by atoms with van der Waals surface area (Å²) in [5.74, 6) is -5.58. The van der Waals surface area contributed by atoms with Crippen molar-refractivity contribution in [1.29, 1.82) is 0 Å². The highest BCUT2D eigenvalue weighted by atomic mass is 19.1. The summed E-state index contributed by atoms with van der Waals surface area (Å²) in [6, 6.07) is 2.43. The molecule has 1 aromatic rings. The van der Waals surface area contributed by atoms with E-state index in [1.807, 2.05) is 0 Å². The molecule has 0 saturated carbocycles. The van der Waals surface area contributed by atoms with E-state index in [0.29, 0.717) is 6.07 Å². The third kappa shape index (κ3) is 2.28. The van der Waals surface area contributed by atoms with Crippen molar-refractivity contribution in [2.24, 2.45) is 11.5 Å². The van der Waals surface area contributed by atoms with Crippen molar-refractivity contribution in [3.63, 3.8) is 0 Å². The molecule has 0 aliphatic heterocycles. The highest BCUT2D eigenvalue weighted by molar-refractivity contribution is 6.04. The molecule has 0 aliphatic rings. The quantitative estimate of drug-likeness (QED) is 0.695. The van der Waals surface area contributed by atoms with Crippen LogP contribution in [-0.2, 0) is 9.59 Å². The number of hydrogen-bond donors (Lipinski definition) is 2. The predicted octanol–water partition coefficient (Wildman–Crippen LogP) is 0.0190. The van der Waals surface area contributed by atoms with Gasteiger partial charge in [0.25, 0.3) is 0 Å². The van der Waals surface area contributed by atoms with Crippen molar-refractivity contribution in [2.45, 2.75) is 5.92 Å². The van der Waals surface area contributed by atoms with Gasteiger partial charge in [-0.1, -0.05) is 6.07 Å². The number of nitrogens with two attached hydrogens (primary N) is 2. The second-order valence-electron chi connectivity index (χ2n) is 2.90. The van der Waals surface area contributed by atoms with Gasteiger partial charge in [0.2, 0.25) is 11.8 Å². The van der Waals surface area contributed by atoms with Crippen LogP contribution in [0.5, 0.6) is 0 Å². The number of rotatable bonds is 3. The number of primary amides is 2. The zero-order valence-electron chi connectivity index (χ0n) is 7.54. The maximum atomic E-state index is 13.2. The summed E-state index contributed by atoms with van der Waals surface area (Å²) in [6.07, 6.45) is 0. The lowest BCUT2D eigenvalue weighted by molar-refractivity contribution is -0.128. The summed E-state index contributed by atoms with van der Waals surface area (Å²) >= 11 is 0. The molecule has 15 heavy (non-hydrogen) atoms. The molecule has 0 aliphatic carbocycles. The van der Waals surface area contributed by atoms with Gasteiger partial charge in [-0.2, -0.15) is 0 Å². The molecule has 4 N–H and O–H groups in total. The molecular formula is C9H8F2N2O2. The van der Waals surface area contributed by atoms with Gasteiger partial charge in [0.15, 0.2) is 0 Å². The van der Waals surface area contributed by atoms with Crippen molar-refractivity contribution in [3.05, 3.63) is 35.4 Å². The fourth-order valence-corrected chi connectivity index (χ4v) is 1.18. The molecule has 0 saturated heterocycles. The van der Waals surface area contributed by atoms with Crippen LogP contribution in [-0.4, -0.2) is 11.8 Å². The van der Waals surface area contributed by atoms with Crippen molar-refractivity contribution in [3.8, 4) is 0 Å².